The highest BCUT2D eigenvalue weighted by Gasteiger charge is 2.46. The van der Waals surface area contributed by atoms with Gasteiger partial charge in [-0.25, -0.2) is 0 Å². The van der Waals surface area contributed by atoms with E-state index in [4.69, 9.17) is 16.3 Å². The number of hydrogen-bond acceptors (Lipinski definition) is 6. The lowest BCUT2D eigenvalue weighted by atomic mass is 9.97. The van der Waals surface area contributed by atoms with Gasteiger partial charge in [-0.15, -0.1) is 0 Å². The van der Waals surface area contributed by atoms with E-state index < -0.39 is 71.6 Å². The van der Waals surface area contributed by atoms with Crippen LogP contribution in [0.2, 0.25) is 5.02 Å². The van der Waals surface area contributed by atoms with Gasteiger partial charge in [0.2, 0.25) is 11.8 Å². The standard InChI is InChI=1S/C33H30ClF5N4O5/c1-18(2)26(28(44)33(37,38)39)42-30(46)27(21-10-12-24(48-3)13-11-21)43-29(45)25(15-19-6-4-7-20(14-19)17-40)41-31(47)32(35,36)22-8-5-9-23(34)16-22/h4-14,16,18,25-27H,15H2,1-3H3,(H,41,47)(H,42,46)(H,43,45)/t25-,26-,27-/m0/s1. The second-order valence-electron chi connectivity index (χ2n) is 10.9. The number of ketones is 1. The third-order valence-electron chi connectivity index (χ3n) is 7.11. The Hall–Kier alpha value is -5.03. The summed E-state index contributed by atoms with van der Waals surface area (Å²) >= 11 is 5.83. The number of halogens is 6. The van der Waals surface area contributed by atoms with Gasteiger partial charge in [-0.3, -0.25) is 19.2 Å². The number of nitrogens with zero attached hydrogens (tertiary/aromatic N) is 1. The number of alkyl halides is 5. The van der Waals surface area contributed by atoms with Crippen LogP contribution in [-0.4, -0.2) is 48.9 Å². The topological polar surface area (TPSA) is 137 Å². The summed E-state index contributed by atoms with van der Waals surface area (Å²) in [5.41, 5.74) is -0.333. The number of hydrogen-bond donors (Lipinski definition) is 3. The molecule has 0 heterocycles. The van der Waals surface area contributed by atoms with E-state index in [2.05, 4.69) is 5.32 Å². The molecular formula is C33H30ClF5N4O5. The van der Waals surface area contributed by atoms with Crippen LogP contribution < -0.4 is 20.7 Å². The molecule has 0 saturated heterocycles. The highest BCUT2D eigenvalue weighted by Crippen LogP contribution is 2.30. The minimum absolute atomic E-state index is 0.0180. The molecule has 0 aliphatic carbocycles. The van der Waals surface area contributed by atoms with E-state index in [1.165, 1.54) is 81.6 Å². The molecule has 254 valence electrons. The SMILES string of the molecule is COc1ccc([C@H](NC(=O)[C@H](Cc2cccc(C#N)c2)NC(=O)C(F)(F)c2cccc(Cl)c2)C(=O)N[C@H](C(=O)C(F)(F)F)C(C)C)cc1. The first kappa shape index (κ1) is 37.4. The van der Waals surface area contributed by atoms with Gasteiger partial charge < -0.3 is 20.7 Å². The summed E-state index contributed by atoms with van der Waals surface area (Å²) in [5, 5.41) is 15.6. The third-order valence-corrected chi connectivity index (χ3v) is 7.35. The summed E-state index contributed by atoms with van der Waals surface area (Å²) in [6, 6.07) is 11.7. The van der Waals surface area contributed by atoms with Crippen molar-refractivity contribution in [3.8, 4) is 11.8 Å². The van der Waals surface area contributed by atoms with E-state index >= 15 is 8.78 Å². The monoisotopic (exact) mass is 692 g/mol. The molecule has 3 amide bonds. The fraction of sp³-hybridized carbons (Fsp3) is 0.303. The zero-order valence-electron chi connectivity index (χ0n) is 25.7. The van der Waals surface area contributed by atoms with Gasteiger partial charge >= 0.3 is 12.1 Å². The van der Waals surface area contributed by atoms with Crippen LogP contribution >= 0.6 is 11.6 Å². The van der Waals surface area contributed by atoms with Crippen LogP contribution in [0.1, 0.15) is 42.1 Å². The van der Waals surface area contributed by atoms with Crippen LogP contribution in [0.5, 0.6) is 5.75 Å². The maximum absolute atomic E-state index is 15.3. The van der Waals surface area contributed by atoms with E-state index in [1.807, 2.05) is 16.7 Å². The Morgan fingerprint density at radius 3 is 2.08 bits per heavy atom. The molecule has 3 N–H and O–H groups in total. The first-order valence-electron chi connectivity index (χ1n) is 14.3. The summed E-state index contributed by atoms with van der Waals surface area (Å²) in [7, 11) is 1.35. The van der Waals surface area contributed by atoms with Crippen molar-refractivity contribution in [3.63, 3.8) is 0 Å². The lowest BCUT2D eigenvalue weighted by molar-refractivity contribution is -0.175. The molecule has 0 fully saturated rings. The summed E-state index contributed by atoms with van der Waals surface area (Å²) in [5.74, 6) is -11.4. The van der Waals surface area contributed by atoms with Crippen molar-refractivity contribution in [2.75, 3.05) is 7.11 Å². The number of Topliss-reactive ketones (excluding diaryl/α,β-unsaturated/α-hetero) is 1. The fourth-order valence-corrected chi connectivity index (χ4v) is 4.75. The molecular weight excluding hydrogens is 663 g/mol. The van der Waals surface area contributed by atoms with E-state index in [0.29, 0.717) is 5.75 Å². The van der Waals surface area contributed by atoms with Crippen LogP contribution in [0.25, 0.3) is 0 Å². The van der Waals surface area contributed by atoms with Crippen molar-refractivity contribution in [1.29, 1.82) is 5.26 Å². The average Bonchev–Trinajstić information content (AvgIpc) is 3.04. The van der Waals surface area contributed by atoms with Gasteiger partial charge in [0.1, 0.15) is 17.8 Å². The van der Waals surface area contributed by atoms with E-state index in [-0.39, 0.29) is 21.7 Å². The van der Waals surface area contributed by atoms with Crippen LogP contribution in [-0.2, 0) is 31.5 Å². The Morgan fingerprint density at radius 1 is 0.875 bits per heavy atom. The van der Waals surface area contributed by atoms with Gasteiger partial charge in [-0.2, -0.15) is 27.2 Å². The lowest BCUT2D eigenvalue weighted by Crippen LogP contribution is -2.56. The van der Waals surface area contributed by atoms with Gasteiger partial charge in [0.25, 0.3) is 11.7 Å². The maximum atomic E-state index is 15.3. The fourth-order valence-electron chi connectivity index (χ4n) is 4.56. The molecule has 3 atom stereocenters. The van der Waals surface area contributed by atoms with Crippen LogP contribution in [0.15, 0.2) is 72.8 Å². The zero-order valence-corrected chi connectivity index (χ0v) is 26.5. The molecule has 3 aromatic rings. The minimum atomic E-state index is -5.29. The van der Waals surface area contributed by atoms with Gasteiger partial charge in [-0.1, -0.05) is 61.8 Å². The number of benzene rings is 3. The van der Waals surface area contributed by atoms with Crippen molar-refractivity contribution < 1.29 is 45.9 Å². The number of ether oxygens (including phenoxy) is 1. The smallest absolute Gasteiger partial charge is 0.452 e. The highest BCUT2D eigenvalue weighted by molar-refractivity contribution is 6.30. The Balaban J connectivity index is 2.02. The summed E-state index contributed by atoms with van der Waals surface area (Å²) < 4.78 is 75.7. The molecule has 0 spiro atoms. The van der Waals surface area contributed by atoms with Crippen LogP contribution in [0.4, 0.5) is 22.0 Å². The molecule has 3 aromatic carbocycles. The largest absolute Gasteiger partial charge is 0.497 e. The number of nitrogens with one attached hydrogen (secondary N) is 3. The molecule has 3 rings (SSSR count). The molecule has 48 heavy (non-hydrogen) atoms. The molecule has 0 aromatic heterocycles. The zero-order chi connectivity index (χ0) is 35.8. The van der Waals surface area contributed by atoms with Gasteiger partial charge in [0.15, 0.2) is 0 Å². The van der Waals surface area contributed by atoms with Crippen molar-refractivity contribution >= 4 is 35.1 Å². The lowest BCUT2D eigenvalue weighted by Gasteiger charge is -2.28. The molecule has 0 saturated carbocycles. The van der Waals surface area contributed by atoms with Crippen molar-refractivity contribution in [2.45, 2.75) is 50.5 Å². The Kier molecular flexibility index (Phi) is 12.2. The molecule has 15 heteroatoms. The highest BCUT2D eigenvalue weighted by atomic mass is 35.5. The molecule has 0 aliphatic heterocycles. The number of methoxy groups -OCH3 is 1. The van der Waals surface area contributed by atoms with Gasteiger partial charge in [0, 0.05) is 17.0 Å². The van der Waals surface area contributed by atoms with Gasteiger partial charge in [-0.05, 0) is 53.4 Å². The molecule has 0 bridgehead atoms. The molecule has 0 aliphatic rings. The van der Waals surface area contributed by atoms with E-state index in [1.54, 1.807) is 0 Å². The summed E-state index contributed by atoms with van der Waals surface area (Å²) in [6.07, 6.45) is -5.74. The molecule has 0 radical (unpaired) electrons. The number of carbonyl (C=O) groups is 4. The van der Waals surface area contributed by atoms with Crippen molar-refractivity contribution in [3.05, 3.63) is 100 Å². The average molecular weight is 693 g/mol. The number of rotatable bonds is 13. The van der Waals surface area contributed by atoms with Gasteiger partial charge in [0.05, 0.1) is 24.8 Å². The van der Waals surface area contributed by atoms with Crippen LogP contribution in [0.3, 0.4) is 0 Å². The normalized spacial score (nSPS) is 13.4. The number of nitriles is 1. The number of amides is 3. The predicted molar refractivity (Wildman–Crippen MR) is 164 cm³/mol. The minimum Gasteiger partial charge on any atom is -0.497 e. The van der Waals surface area contributed by atoms with Crippen molar-refractivity contribution in [1.82, 2.24) is 16.0 Å². The van der Waals surface area contributed by atoms with Crippen LogP contribution in [0, 0.1) is 17.2 Å². The summed E-state index contributed by atoms with van der Waals surface area (Å²) in [4.78, 5) is 52.4. The second-order valence-corrected chi connectivity index (χ2v) is 11.4. The second kappa shape index (κ2) is 15.7. The maximum Gasteiger partial charge on any atom is 0.452 e. The Morgan fingerprint density at radius 2 is 1.52 bits per heavy atom. The van der Waals surface area contributed by atoms with Crippen molar-refractivity contribution in [2.24, 2.45) is 5.92 Å². The number of carbonyl (C=O) groups excluding carboxylic acids is 4. The quantitative estimate of drug-likeness (QED) is 0.212. The Bertz CT molecular complexity index is 1690. The summed E-state index contributed by atoms with van der Waals surface area (Å²) in [6.45, 7) is 2.55. The third kappa shape index (κ3) is 9.51. The van der Waals surface area contributed by atoms with E-state index in [9.17, 15) is 37.6 Å². The Labute approximate surface area is 277 Å². The first-order chi connectivity index (χ1) is 22.5. The molecule has 0 unspecified atom stereocenters. The predicted octanol–water partition coefficient (Wildman–Crippen LogP) is 5.17. The molecule has 9 nitrogen and oxygen atoms in total. The first-order valence-corrected chi connectivity index (χ1v) is 14.6. The van der Waals surface area contributed by atoms with E-state index in [0.717, 1.165) is 12.1 Å².